The van der Waals surface area contributed by atoms with Crippen molar-refractivity contribution in [2.45, 2.75) is 23.8 Å². The third-order valence-corrected chi connectivity index (χ3v) is 4.87. The van der Waals surface area contributed by atoms with Crippen LogP contribution < -0.4 is 10.5 Å². The second-order valence-electron chi connectivity index (χ2n) is 4.23. The molecular formula is C11H15ClN2O2S. The van der Waals surface area contributed by atoms with Crippen molar-refractivity contribution >= 4 is 21.6 Å². The maximum absolute atomic E-state index is 12.1. The van der Waals surface area contributed by atoms with Crippen molar-refractivity contribution < 1.29 is 8.42 Å². The summed E-state index contributed by atoms with van der Waals surface area (Å²) in [6.45, 7) is 0.314. The Hall–Kier alpha value is -0.620. The number of hydrogen-bond acceptors (Lipinski definition) is 3. The van der Waals surface area contributed by atoms with Gasteiger partial charge in [0.05, 0.1) is 5.02 Å². The Balaban J connectivity index is 2.21. The van der Waals surface area contributed by atoms with Crippen molar-refractivity contribution in [2.24, 2.45) is 11.7 Å². The zero-order valence-electron chi connectivity index (χ0n) is 9.27. The zero-order chi connectivity index (χ0) is 12.5. The van der Waals surface area contributed by atoms with Gasteiger partial charge in [-0.2, -0.15) is 0 Å². The molecule has 6 heteroatoms. The molecule has 17 heavy (non-hydrogen) atoms. The van der Waals surface area contributed by atoms with Crippen molar-refractivity contribution in [1.82, 2.24) is 4.72 Å². The molecule has 0 aliphatic heterocycles. The van der Waals surface area contributed by atoms with Gasteiger partial charge in [-0.15, -0.1) is 0 Å². The summed E-state index contributed by atoms with van der Waals surface area (Å²) in [7, 11) is -3.57. The van der Waals surface area contributed by atoms with E-state index in [1.807, 2.05) is 0 Å². The van der Waals surface area contributed by atoms with Gasteiger partial charge in [0.1, 0.15) is 4.90 Å². The quantitative estimate of drug-likeness (QED) is 0.851. The summed E-state index contributed by atoms with van der Waals surface area (Å²) in [4.78, 5) is 0.112. The highest BCUT2D eigenvalue weighted by Crippen LogP contribution is 2.33. The Labute approximate surface area is 106 Å². The van der Waals surface area contributed by atoms with Crippen molar-refractivity contribution in [3.05, 3.63) is 29.3 Å². The van der Waals surface area contributed by atoms with Gasteiger partial charge in [-0.25, -0.2) is 13.1 Å². The predicted octanol–water partition coefficient (Wildman–Crippen LogP) is 1.36. The van der Waals surface area contributed by atoms with E-state index in [2.05, 4.69) is 4.72 Å². The van der Waals surface area contributed by atoms with Crippen LogP contribution in [0.4, 0.5) is 0 Å². The van der Waals surface area contributed by atoms with E-state index in [1.54, 1.807) is 18.2 Å². The van der Waals surface area contributed by atoms with E-state index in [9.17, 15) is 8.42 Å². The summed E-state index contributed by atoms with van der Waals surface area (Å²) >= 11 is 5.88. The van der Waals surface area contributed by atoms with Crippen molar-refractivity contribution in [3.8, 4) is 0 Å². The van der Waals surface area contributed by atoms with Crippen LogP contribution in [0.15, 0.2) is 29.2 Å². The van der Waals surface area contributed by atoms with Crippen LogP contribution in [0, 0.1) is 5.92 Å². The van der Waals surface area contributed by atoms with E-state index in [0.29, 0.717) is 12.5 Å². The van der Waals surface area contributed by atoms with Crippen LogP contribution in [-0.2, 0) is 10.0 Å². The Morgan fingerprint density at radius 2 is 2.06 bits per heavy atom. The van der Waals surface area contributed by atoms with Gasteiger partial charge in [0.15, 0.2) is 0 Å². The molecule has 1 aromatic carbocycles. The lowest BCUT2D eigenvalue weighted by Crippen LogP contribution is -2.41. The highest BCUT2D eigenvalue weighted by Gasteiger charge is 2.33. The molecule has 1 atom stereocenters. The Bertz CT molecular complexity index is 500. The minimum Gasteiger partial charge on any atom is -0.329 e. The number of benzene rings is 1. The van der Waals surface area contributed by atoms with E-state index in [0.717, 1.165) is 12.8 Å². The van der Waals surface area contributed by atoms with Crippen LogP contribution in [0.1, 0.15) is 12.8 Å². The normalized spacial score (nSPS) is 18.0. The largest absolute Gasteiger partial charge is 0.329 e. The fourth-order valence-electron chi connectivity index (χ4n) is 1.76. The molecule has 0 aromatic heterocycles. The summed E-state index contributed by atoms with van der Waals surface area (Å²) in [5, 5.41) is 0.228. The van der Waals surface area contributed by atoms with E-state index >= 15 is 0 Å². The van der Waals surface area contributed by atoms with Crippen molar-refractivity contribution in [2.75, 3.05) is 6.54 Å². The molecule has 0 spiro atoms. The molecular weight excluding hydrogens is 260 g/mol. The molecule has 1 unspecified atom stereocenters. The maximum atomic E-state index is 12.1. The van der Waals surface area contributed by atoms with Crippen LogP contribution in [0.5, 0.6) is 0 Å². The van der Waals surface area contributed by atoms with Crippen LogP contribution in [0.2, 0.25) is 5.02 Å². The summed E-state index contributed by atoms with van der Waals surface area (Å²) in [6, 6.07) is 6.21. The topological polar surface area (TPSA) is 72.2 Å². The molecule has 0 heterocycles. The van der Waals surface area contributed by atoms with Gasteiger partial charge in [0.2, 0.25) is 10.0 Å². The maximum Gasteiger partial charge on any atom is 0.242 e. The molecule has 0 amide bonds. The molecule has 94 valence electrons. The number of sulfonamides is 1. The lowest BCUT2D eigenvalue weighted by atomic mass is 10.2. The Morgan fingerprint density at radius 3 is 2.59 bits per heavy atom. The first-order chi connectivity index (χ1) is 8.04. The SMILES string of the molecule is NCC(NS(=O)(=O)c1ccccc1Cl)C1CC1. The molecule has 4 nitrogen and oxygen atoms in total. The zero-order valence-corrected chi connectivity index (χ0v) is 10.8. The van der Waals surface area contributed by atoms with Crippen LogP contribution in [-0.4, -0.2) is 21.0 Å². The molecule has 1 aliphatic rings. The molecule has 1 aliphatic carbocycles. The fourth-order valence-corrected chi connectivity index (χ4v) is 3.60. The second kappa shape index (κ2) is 4.94. The summed E-state index contributed by atoms with van der Waals surface area (Å²) in [5.41, 5.74) is 5.58. The molecule has 2 rings (SSSR count). The second-order valence-corrected chi connectivity index (χ2v) is 6.32. The predicted molar refractivity (Wildman–Crippen MR) is 67.3 cm³/mol. The minimum absolute atomic E-state index is 0.112. The van der Waals surface area contributed by atoms with E-state index in [-0.39, 0.29) is 16.0 Å². The van der Waals surface area contributed by atoms with E-state index in [4.69, 9.17) is 17.3 Å². The molecule has 1 saturated carbocycles. The van der Waals surface area contributed by atoms with Gasteiger partial charge in [0, 0.05) is 12.6 Å². The first-order valence-corrected chi connectivity index (χ1v) is 7.37. The number of hydrogen-bond donors (Lipinski definition) is 2. The summed E-state index contributed by atoms with van der Waals surface area (Å²) < 4.78 is 26.8. The standard InChI is InChI=1S/C11H15ClN2O2S/c12-9-3-1-2-4-11(9)17(15,16)14-10(7-13)8-5-6-8/h1-4,8,10,14H,5-7,13H2. The molecule has 0 radical (unpaired) electrons. The Kier molecular flexibility index (Phi) is 3.73. The first kappa shape index (κ1) is 12.8. The molecule has 1 fully saturated rings. The third kappa shape index (κ3) is 2.98. The number of rotatable bonds is 5. The number of nitrogens with one attached hydrogen (secondary N) is 1. The summed E-state index contributed by atoms with van der Waals surface area (Å²) in [6.07, 6.45) is 2.07. The highest BCUT2D eigenvalue weighted by atomic mass is 35.5. The lowest BCUT2D eigenvalue weighted by molar-refractivity contribution is 0.519. The highest BCUT2D eigenvalue weighted by molar-refractivity contribution is 7.89. The molecule has 0 saturated heterocycles. The van der Waals surface area contributed by atoms with Gasteiger partial charge in [-0.3, -0.25) is 0 Å². The van der Waals surface area contributed by atoms with E-state index in [1.165, 1.54) is 6.07 Å². The fraction of sp³-hybridized carbons (Fsp3) is 0.455. The Morgan fingerprint density at radius 1 is 1.41 bits per heavy atom. The van der Waals surface area contributed by atoms with Gasteiger partial charge in [0.25, 0.3) is 0 Å². The molecule has 3 N–H and O–H groups in total. The van der Waals surface area contributed by atoms with Crippen LogP contribution in [0.3, 0.4) is 0 Å². The summed E-state index contributed by atoms with van der Waals surface area (Å²) in [5.74, 6) is 0.372. The van der Waals surface area contributed by atoms with E-state index < -0.39 is 10.0 Å². The minimum atomic E-state index is -3.57. The monoisotopic (exact) mass is 274 g/mol. The van der Waals surface area contributed by atoms with Crippen molar-refractivity contribution in [1.29, 1.82) is 0 Å². The van der Waals surface area contributed by atoms with Gasteiger partial charge in [-0.05, 0) is 30.9 Å². The number of halogens is 1. The average molecular weight is 275 g/mol. The molecule has 1 aromatic rings. The average Bonchev–Trinajstić information content (AvgIpc) is 3.10. The smallest absolute Gasteiger partial charge is 0.242 e. The van der Waals surface area contributed by atoms with Gasteiger partial charge < -0.3 is 5.73 Å². The van der Waals surface area contributed by atoms with Crippen LogP contribution in [0.25, 0.3) is 0 Å². The first-order valence-electron chi connectivity index (χ1n) is 5.51. The number of nitrogens with two attached hydrogens (primary N) is 1. The third-order valence-electron chi connectivity index (χ3n) is 2.88. The van der Waals surface area contributed by atoms with Gasteiger partial charge >= 0.3 is 0 Å². The molecule has 0 bridgehead atoms. The van der Waals surface area contributed by atoms with Crippen LogP contribution >= 0.6 is 11.6 Å². The lowest BCUT2D eigenvalue weighted by Gasteiger charge is -2.16. The van der Waals surface area contributed by atoms with Crippen molar-refractivity contribution in [3.63, 3.8) is 0 Å². The van der Waals surface area contributed by atoms with Gasteiger partial charge in [-0.1, -0.05) is 23.7 Å².